The number of hydrogen-bond donors (Lipinski definition) is 1. The fraction of sp³-hybridized carbons (Fsp3) is 0.571. The smallest absolute Gasteiger partial charge is 0.0592 e. The first-order chi connectivity index (χ1) is 7.49. The largest absolute Gasteiger partial charge is 0.393 e. The van der Waals surface area contributed by atoms with Gasteiger partial charge >= 0.3 is 0 Å². The highest BCUT2D eigenvalue weighted by Crippen LogP contribution is 2.12. The third kappa shape index (κ3) is 4.33. The Labute approximate surface area is 98.9 Å². The summed E-state index contributed by atoms with van der Waals surface area (Å²) in [7, 11) is 4.06. The molecule has 0 fully saturated rings. The molecule has 0 saturated heterocycles. The summed E-state index contributed by atoms with van der Waals surface area (Å²) in [6.45, 7) is 5.17. The van der Waals surface area contributed by atoms with Crippen molar-refractivity contribution in [1.82, 2.24) is 4.90 Å². The van der Waals surface area contributed by atoms with Crippen molar-refractivity contribution in [1.29, 1.82) is 0 Å². The van der Waals surface area contributed by atoms with Gasteiger partial charge in [-0.2, -0.15) is 0 Å². The zero-order chi connectivity index (χ0) is 12.1. The Balaban J connectivity index is 2.49. The maximum Gasteiger partial charge on any atom is 0.0592 e. The van der Waals surface area contributed by atoms with Crippen LogP contribution in [0.1, 0.15) is 23.1 Å². The highest BCUT2D eigenvalue weighted by Gasteiger charge is 2.06. The molecule has 1 N–H and O–H groups in total. The minimum atomic E-state index is -0.232. The lowest BCUT2D eigenvalue weighted by Gasteiger charge is -2.15. The van der Waals surface area contributed by atoms with Gasteiger partial charge in [-0.25, -0.2) is 0 Å². The standard InChI is InChI=1S/C14H23NO/c1-11-5-6-13(9-12(11)2)10-14(16)7-8-15(3)4/h5-6,9,14,16H,7-8,10H2,1-4H3. The van der Waals surface area contributed by atoms with E-state index < -0.39 is 0 Å². The molecule has 0 radical (unpaired) electrons. The van der Waals surface area contributed by atoms with E-state index in [0.717, 1.165) is 19.4 Å². The van der Waals surface area contributed by atoms with Crippen LogP contribution >= 0.6 is 0 Å². The molecule has 0 saturated carbocycles. The number of aliphatic hydroxyl groups is 1. The lowest BCUT2D eigenvalue weighted by Crippen LogP contribution is -2.20. The minimum Gasteiger partial charge on any atom is -0.393 e. The van der Waals surface area contributed by atoms with E-state index in [1.807, 2.05) is 14.1 Å². The number of aryl methyl sites for hydroxylation is 2. The average Bonchev–Trinajstić information content (AvgIpc) is 2.21. The number of benzene rings is 1. The van der Waals surface area contributed by atoms with Gasteiger partial charge in [0.2, 0.25) is 0 Å². The first kappa shape index (κ1) is 13.2. The molecule has 0 amide bonds. The Morgan fingerprint density at radius 3 is 2.44 bits per heavy atom. The predicted molar refractivity (Wildman–Crippen MR) is 68.8 cm³/mol. The monoisotopic (exact) mass is 221 g/mol. The van der Waals surface area contributed by atoms with Crippen LogP contribution in [0.15, 0.2) is 18.2 Å². The maximum absolute atomic E-state index is 9.89. The van der Waals surface area contributed by atoms with Crippen LogP contribution in [-0.4, -0.2) is 36.8 Å². The van der Waals surface area contributed by atoms with Gasteiger partial charge < -0.3 is 10.0 Å². The number of aliphatic hydroxyl groups excluding tert-OH is 1. The summed E-state index contributed by atoms with van der Waals surface area (Å²) in [5, 5.41) is 9.89. The molecule has 1 atom stereocenters. The van der Waals surface area contributed by atoms with Crippen molar-refractivity contribution in [3.8, 4) is 0 Å². The van der Waals surface area contributed by atoms with E-state index in [2.05, 4.69) is 36.9 Å². The molecule has 1 unspecified atom stereocenters. The van der Waals surface area contributed by atoms with Crippen LogP contribution < -0.4 is 0 Å². The van der Waals surface area contributed by atoms with Gasteiger partial charge in [0, 0.05) is 0 Å². The molecule has 0 aliphatic rings. The average molecular weight is 221 g/mol. The third-order valence-electron chi connectivity index (χ3n) is 2.95. The Morgan fingerprint density at radius 1 is 1.19 bits per heavy atom. The summed E-state index contributed by atoms with van der Waals surface area (Å²) in [5.41, 5.74) is 3.85. The van der Waals surface area contributed by atoms with E-state index >= 15 is 0 Å². The van der Waals surface area contributed by atoms with E-state index in [0.29, 0.717) is 0 Å². The maximum atomic E-state index is 9.89. The molecule has 1 aromatic carbocycles. The molecule has 0 spiro atoms. The molecule has 16 heavy (non-hydrogen) atoms. The molecule has 0 aliphatic carbocycles. The van der Waals surface area contributed by atoms with Crippen molar-refractivity contribution < 1.29 is 5.11 Å². The molecule has 2 heteroatoms. The van der Waals surface area contributed by atoms with Crippen LogP contribution in [-0.2, 0) is 6.42 Å². The van der Waals surface area contributed by atoms with Crippen LogP contribution in [0.3, 0.4) is 0 Å². The van der Waals surface area contributed by atoms with Crippen molar-refractivity contribution in [2.75, 3.05) is 20.6 Å². The number of hydrogen-bond acceptors (Lipinski definition) is 2. The normalized spacial score (nSPS) is 13.1. The summed E-state index contributed by atoms with van der Waals surface area (Å²) in [5.74, 6) is 0. The number of nitrogens with zero attached hydrogens (tertiary/aromatic N) is 1. The lowest BCUT2D eigenvalue weighted by molar-refractivity contribution is 0.152. The summed E-state index contributed by atoms with van der Waals surface area (Å²) in [4.78, 5) is 2.10. The van der Waals surface area contributed by atoms with E-state index in [1.54, 1.807) is 0 Å². The molecular formula is C14H23NO. The Bertz CT molecular complexity index is 334. The zero-order valence-electron chi connectivity index (χ0n) is 10.8. The Kier molecular flexibility index (Phi) is 4.97. The minimum absolute atomic E-state index is 0.232. The van der Waals surface area contributed by atoms with Crippen LogP contribution in [0.2, 0.25) is 0 Å². The van der Waals surface area contributed by atoms with Gasteiger partial charge in [-0.15, -0.1) is 0 Å². The summed E-state index contributed by atoms with van der Waals surface area (Å²) in [6, 6.07) is 6.42. The second-order valence-electron chi connectivity index (χ2n) is 4.87. The second-order valence-corrected chi connectivity index (χ2v) is 4.87. The van der Waals surface area contributed by atoms with Gasteiger partial charge in [0.05, 0.1) is 6.10 Å². The molecule has 1 rings (SSSR count). The van der Waals surface area contributed by atoms with Crippen molar-refractivity contribution in [2.45, 2.75) is 32.8 Å². The summed E-state index contributed by atoms with van der Waals surface area (Å²) >= 11 is 0. The molecule has 0 aliphatic heterocycles. The van der Waals surface area contributed by atoms with E-state index in [4.69, 9.17) is 0 Å². The van der Waals surface area contributed by atoms with Crippen LogP contribution in [0.25, 0.3) is 0 Å². The number of rotatable bonds is 5. The fourth-order valence-corrected chi connectivity index (χ4v) is 1.71. The highest BCUT2D eigenvalue weighted by molar-refractivity contribution is 5.30. The van der Waals surface area contributed by atoms with E-state index in [9.17, 15) is 5.11 Å². The summed E-state index contributed by atoms with van der Waals surface area (Å²) < 4.78 is 0. The van der Waals surface area contributed by atoms with Crippen molar-refractivity contribution in [3.05, 3.63) is 34.9 Å². The van der Waals surface area contributed by atoms with Gasteiger partial charge in [0.15, 0.2) is 0 Å². The highest BCUT2D eigenvalue weighted by atomic mass is 16.3. The summed E-state index contributed by atoms with van der Waals surface area (Å²) in [6.07, 6.45) is 1.36. The molecule has 2 nitrogen and oxygen atoms in total. The van der Waals surface area contributed by atoms with Crippen molar-refractivity contribution in [2.24, 2.45) is 0 Å². The third-order valence-corrected chi connectivity index (χ3v) is 2.95. The van der Waals surface area contributed by atoms with E-state index in [-0.39, 0.29) is 6.10 Å². The topological polar surface area (TPSA) is 23.5 Å². The van der Waals surface area contributed by atoms with Crippen LogP contribution in [0.4, 0.5) is 0 Å². The van der Waals surface area contributed by atoms with Gasteiger partial charge in [-0.05, 0) is 64.0 Å². The van der Waals surface area contributed by atoms with Gasteiger partial charge in [-0.1, -0.05) is 18.2 Å². The SMILES string of the molecule is Cc1ccc(CC(O)CCN(C)C)cc1C. The first-order valence-electron chi connectivity index (χ1n) is 5.88. The molecular weight excluding hydrogens is 198 g/mol. The quantitative estimate of drug-likeness (QED) is 0.823. The lowest BCUT2D eigenvalue weighted by atomic mass is 10.0. The molecule has 0 heterocycles. The predicted octanol–water partition coefficient (Wildman–Crippen LogP) is 2.16. The Morgan fingerprint density at radius 2 is 1.88 bits per heavy atom. The van der Waals surface area contributed by atoms with E-state index in [1.165, 1.54) is 16.7 Å². The molecule has 1 aromatic rings. The van der Waals surface area contributed by atoms with Gasteiger partial charge in [-0.3, -0.25) is 0 Å². The molecule has 0 aromatic heterocycles. The second kappa shape index (κ2) is 6.02. The van der Waals surface area contributed by atoms with Gasteiger partial charge in [0.1, 0.15) is 0 Å². The first-order valence-corrected chi connectivity index (χ1v) is 5.88. The molecule has 90 valence electrons. The van der Waals surface area contributed by atoms with Crippen molar-refractivity contribution in [3.63, 3.8) is 0 Å². The van der Waals surface area contributed by atoms with Crippen LogP contribution in [0, 0.1) is 13.8 Å². The van der Waals surface area contributed by atoms with Gasteiger partial charge in [0.25, 0.3) is 0 Å². The van der Waals surface area contributed by atoms with Crippen molar-refractivity contribution >= 4 is 0 Å². The molecule has 0 bridgehead atoms. The Hall–Kier alpha value is -0.860. The van der Waals surface area contributed by atoms with Crippen LogP contribution in [0.5, 0.6) is 0 Å². The fourth-order valence-electron chi connectivity index (χ4n) is 1.71. The zero-order valence-corrected chi connectivity index (χ0v) is 10.8.